The highest BCUT2D eigenvalue weighted by Gasteiger charge is 1.96. The van der Waals surface area contributed by atoms with Crippen molar-refractivity contribution in [1.82, 2.24) is 19.5 Å². The number of imidazole rings is 2. The Balaban J connectivity index is 0.000000172. The molecule has 3 aromatic rings. The second kappa shape index (κ2) is 8.17. The van der Waals surface area contributed by atoms with E-state index in [2.05, 4.69) is 57.6 Å². The van der Waals surface area contributed by atoms with Gasteiger partial charge < -0.3 is 9.55 Å². The maximum Gasteiger partial charge on any atom is 0.105 e. The summed E-state index contributed by atoms with van der Waals surface area (Å²) in [6, 6.07) is 10.4. The van der Waals surface area contributed by atoms with E-state index in [4.69, 9.17) is 0 Å². The van der Waals surface area contributed by atoms with Crippen molar-refractivity contribution in [2.24, 2.45) is 0 Å². The fourth-order valence-corrected chi connectivity index (χ4v) is 2.12. The van der Waals surface area contributed by atoms with Gasteiger partial charge >= 0.3 is 0 Å². The molecule has 4 nitrogen and oxygen atoms in total. The lowest BCUT2D eigenvalue weighted by atomic mass is 10.2. The minimum Gasteiger partial charge on any atom is -0.346 e. The molecule has 0 aliphatic heterocycles. The Labute approximate surface area is 132 Å². The highest BCUT2D eigenvalue weighted by molar-refractivity contribution is 5.15. The van der Waals surface area contributed by atoms with Crippen LogP contribution < -0.4 is 0 Å². The van der Waals surface area contributed by atoms with Gasteiger partial charge in [-0.15, -0.1) is 0 Å². The standard InChI is InChI=1S/C11H12N2.C7H12N2/c1-10-12-7-8-13(10)9-11-5-3-2-4-6-11;1-3-6-5-8-7(4-2)9-6/h2-8H,9H2,1H3;5H,3-4H2,1-2H3,(H,8,9). The summed E-state index contributed by atoms with van der Waals surface area (Å²) in [6.45, 7) is 7.14. The Morgan fingerprint density at radius 3 is 2.32 bits per heavy atom. The Bertz CT molecular complexity index is 649. The Morgan fingerprint density at radius 2 is 1.82 bits per heavy atom. The van der Waals surface area contributed by atoms with Crippen molar-refractivity contribution >= 4 is 0 Å². The van der Waals surface area contributed by atoms with Gasteiger partial charge in [0, 0.05) is 37.3 Å². The lowest BCUT2D eigenvalue weighted by Crippen LogP contribution is -1.99. The summed E-state index contributed by atoms with van der Waals surface area (Å²) in [6.07, 6.45) is 7.78. The number of nitrogens with zero attached hydrogens (tertiary/aromatic N) is 3. The monoisotopic (exact) mass is 296 g/mol. The summed E-state index contributed by atoms with van der Waals surface area (Å²) in [5.41, 5.74) is 2.54. The Kier molecular flexibility index (Phi) is 5.95. The molecule has 0 saturated heterocycles. The molecule has 0 atom stereocenters. The number of rotatable bonds is 4. The van der Waals surface area contributed by atoms with Gasteiger partial charge in [0.2, 0.25) is 0 Å². The number of aryl methyl sites for hydroxylation is 3. The molecular weight excluding hydrogens is 272 g/mol. The SMILES string of the molecule is CCc1cnc(CC)[nH]1.Cc1nccn1Cc1ccccc1. The fraction of sp³-hybridized carbons (Fsp3) is 0.333. The molecule has 0 saturated carbocycles. The molecule has 1 N–H and O–H groups in total. The molecule has 2 heterocycles. The van der Waals surface area contributed by atoms with Gasteiger partial charge in [-0.25, -0.2) is 9.97 Å². The molecule has 0 aliphatic rings. The number of aromatic amines is 1. The zero-order chi connectivity index (χ0) is 15.8. The molecule has 0 bridgehead atoms. The van der Waals surface area contributed by atoms with Crippen LogP contribution in [0.25, 0.3) is 0 Å². The van der Waals surface area contributed by atoms with Crippen LogP contribution in [0, 0.1) is 6.92 Å². The van der Waals surface area contributed by atoms with Crippen LogP contribution in [0.4, 0.5) is 0 Å². The molecule has 1 aromatic carbocycles. The number of aromatic nitrogens is 4. The lowest BCUT2D eigenvalue weighted by Gasteiger charge is -2.03. The molecule has 4 heteroatoms. The summed E-state index contributed by atoms with van der Waals surface area (Å²) in [5.74, 6) is 2.15. The van der Waals surface area contributed by atoms with Crippen LogP contribution >= 0.6 is 0 Å². The molecule has 116 valence electrons. The highest BCUT2D eigenvalue weighted by atomic mass is 15.0. The van der Waals surface area contributed by atoms with Crippen LogP contribution in [0.5, 0.6) is 0 Å². The largest absolute Gasteiger partial charge is 0.346 e. The summed E-state index contributed by atoms with van der Waals surface area (Å²) >= 11 is 0. The smallest absolute Gasteiger partial charge is 0.105 e. The molecular formula is C18H24N4. The van der Waals surface area contributed by atoms with Crippen molar-refractivity contribution in [2.45, 2.75) is 40.2 Å². The maximum atomic E-state index is 4.18. The van der Waals surface area contributed by atoms with Crippen molar-refractivity contribution in [3.05, 3.63) is 71.8 Å². The summed E-state index contributed by atoms with van der Waals surface area (Å²) < 4.78 is 2.13. The first-order valence-electron chi connectivity index (χ1n) is 7.77. The van der Waals surface area contributed by atoms with Crippen LogP contribution in [-0.2, 0) is 19.4 Å². The summed E-state index contributed by atoms with van der Waals surface area (Å²) in [4.78, 5) is 11.5. The topological polar surface area (TPSA) is 46.5 Å². The fourth-order valence-electron chi connectivity index (χ4n) is 2.12. The third-order valence-electron chi connectivity index (χ3n) is 3.52. The van der Waals surface area contributed by atoms with E-state index in [0.29, 0.717) is 0 Å². The quantitative estimate of drug-likeness (QED) is 0.796. The van der Waals surface area contributed by atoms with Crippen molar-refractivity contribution in [1.29, 1.82) is 0 Å². The van der Waals surface area contributed by atoms with Gasteiger partial charge in [-0.3, -0.25) is 0 Å². The van der Waals surface area contributed by atoms with E-state index in [1.54, 1.807) is 0 Å². The van der Waals surface area contributed by atoms with Gasteiger partial charge in [-0.2, -0.15) is 0 Å². The van der Waals surface area contributed by atoms with E-state index in [1.165, 1.54) is 11.3 Å². The van der Waals surface area contributed by atoms with Gasteiger partial charge in [0.25, 0.3) is 0 Å². The highest BCUT2D eigenvalue weighted by Crippen LogP contribution is 2.04. The average Bonchev–Trinajstić information content (AvgIpc) is 3.18. The summed E-state index contributed by atoms with van der Waals surface area (Å²) in [5, 5.41) is 0. The molecule has 0 aliphatic carbocycles. The third kappa shape index (κ3) is 4.58. The van der Waals surface area contributed by atoms with Crippen LogP contribution in [0.2, 0.25) is 0 Å². The minimum atomic E-state index is 0.909. The maximum absolute atomic E-state index is 4.18. The van der Waals surface area contributed by atoms with Gasteiger partial charge in [0.15, 0.2) is 0 Å². The van der Waals surface area contributed by atoms with Crippen molar-refractivity contribution in [2.75, 3.05) is 0 Å². The van der Waals surface area contributed by atoms with Crippen molar-refractivity contribution in [3.63, 3.8) is 0 Å². The molecule has 3 rings (SSSR count). The Hall–Kier alpha value is -2.36. The predicted octanol–water partition coefficient (Wildman–Crippen LogP) is 3.77. The molecule has 0 radical (unpaired) electrons. The number of hydrogen-bond acceptors (Lipinski definition) is 2. The zero-order valence-corrected chi connectivity index (χ0v) is 13.6. The molecule has 0 amide bonds. The van der Waals surface area contributed by atoms with Gasteiger partial charge in [0.05, 0.1) is 0 Å². The van der Waals surface area contributed by atoms with E-state index in [-0.39, 0.29) is 0 Å². The van der Waals surface area contributed by atoms with Crippen LogP contribution in [0.3, 0.4) is 0 Å². The second-order valence-electron chi connectivity index (χ2n) is 5.15. The lowest BCUT2D eigenvalue weighted by molar-refractivity contribution is 0.762. The number of benzene rings is 1. The first-order chi connectivity index (χ1) is 10.7. The first-order valence-corrected chi connectivity index (χ1v) is 7.77. The van der Waals surface area contributed by atoms with E-state index >= 15 is 0 Å². The van der Waals surface area contributed by atoms with Crippen LogP contribution in [0.1, 0.15) is 36.8 Å². The van der Waals surface area contributed by atoms with E-state index in [0.717, 1.165) is 31.0 Å². The van der Waals surface area contributed by atoms with Crippen LogP contribution in [-0.4, -0.2) is 19.5 Å². The van der Waals surface area contributed by atoms with Gasteiger partial charge in [-0.05, 0) is 18.9 Å². The molecule has 0 spiro atoms. The average molecular weight is 296 g/mol. The number of nitrogens with one attached hydrogen (secondary N) is 1. The van der Waals surface area contributed by atoms with Crippen molar-refractivity contribution in [3.8, 4) is 0 Å². The molecule has 0 unspecified atom stereocenters. The van der Waals surface area contributed by atoms with Gasteiger partial charge in [0.1, 0.15) is 11.6 Å². The predicted molar refractivity (Wildman–Crippen MR) is 89.9 cm³/mol. The summed E-state index contributed by atoms with van der Waals surface area (Å²) in [7, 11) is 0. The normalized spacial score (nSPS) is 10.1. The van der Waals surface area contributed by atoms with Gasteiger partial charge in [-0.1, -0.05) is 44.2 Å². The minimum absolute atomic E-state index is 0.909. The Morgan fingerprint density at radius 1 is 1.05 bits per heavy atom. The third-order valence-corrected chi connectivity index (χ3v) is 3.52. The second-order valence-corrected chi connectivity index (χ2v) is 5.15. The number of hydrogen-bond donors (Lipinski definition) is 1. The molecule has 0 fully saturated rings. The number of H-pyrrole nitrogens is 1. The van der Waals surface area contributed by atoms with Crippen molar-refractivity contribution < 1.29 is 0 Å². The van der Waals surface area contributed by atoms with E-state index in [1.807, 2.05) is 31.6 Å². The molecule has 2 aromatic heterocycles. The van der Waals surface area contributed by atoms with Crippen LogP contribution in [0.15, 0.2) is 48.9 Å². The van der Waals surface area contributed by atoms with E-state index in [9.17, 15) is 0 Å². The zero-order valence-electron chi connectivity index (χ0n) is 13.6. The first kappa shape index (κ1) is 16.0. The molecule has 22 heavy (non-hydrogen) atoms. The van der Waals surface area contributed by atoms with E-state index < -0.39 is 0 Å².